The smallest absolute Gasteiger partial charge is 0.416 e. The summed E-state index contributed by atoms with van der Waals surface area (Å²) in [4.78, 5) is 0. The van der Waals surface area contributed by atoms with Crippen molar-refractivity contribution in [3.8, 4) is 11.5 Å². The van der Waals surface area contributed by atoms with Crippen LogP contribution in [0.25, 0.3) is 0 Å². The van der Waals surface area contributed by atoms with Gasteiger partial charge in [0.1, 0.15) is 0 Å². The molecule has 88 valence electrons. The van der Waals surface area contributed by atoms with E-state index in [9.17, 15) is 4.57 Å². The van der Waals surface area contributed by atoms with E-state index in [4.69, 9.17) is 13.8 Å². The van der Waals surface area contributed by atoms with Gasteiger partial charge in [0.25, 0.3) is 0 Å². The molecule has 1 unspecified atom stereocenters. The zero-order valence-corrected chi connectivity index (χ0v) is 10.1. The van der Waals surface area contributed by atoms with Crippen LogP contribution >= 0.6 is 7.60 Å². The van der Waals surface area contributed by atoms with Crippen molar-refractivity contribution >= 4 is 7.60 Å². The predicted octanol–water partition coefficient (Wildman–Crippen LogP) is 3.43. The summed E-state index contributed by atoms with van der Waals surface area (Å²) in [6.45, 7) is 2.49. The van der Waals surface area contributed by atoms with Gasteiger partial charge in [-0.15, -0.1) is 0 Å². The molecule has 0 spiro atoms. The maximum Gasteiger partial charge on any atom is 0.416 e. The average Bonchev–Trinajstić information content (AvgIpc) is 2.29. The van der Waals surface area contributed by atoms with Crippen LogP contribution in [0, 0.1) is 0 Å². The van der Waals surface area contributed by atoms with Gasteiger partial charge < -0.3 is 9.26 Å². The summed E-state index contributed by atoms with van der Waals surface area (Å²) < 4.78 is 28.1. The molecule has 0 aliphatic carbocycles. The highest BCUT2D eigenvalue weighted by Crippen LogP contribution is 2.54. The molecule has 1 aromatic rings. The Morgan fingerprint density at radius 1 is 1.38 bits per heavy atom. The second-order valence-corrected chi connectivity index (χ2v) is 5.53. The van der Waals surface area contributed by atoms with Crippen molar-refractivity contribution in [1.29, 1.82) is 0 Å². The minimum Gasteiger partial charge on any atom is -0.476 e. The fourth-order valence-corrected chi connectivity index (χ4v) is 2.72. The number of hydrogen-bond donors (Lipinski definition) is 0. The van der Waals surface area contributed by atoms with E-state index in [1.807, 2.05) is 19.1 Å². The lowest BCUT2D eigenvalue weighted by atomic mass is 10.3. The van der Waals surface area contributed by atoms with Gasteiger partial charge >= 0.3 is 7.60 Å². The van der Waals surface area contributed by atoms with Gasteiger partial charge in [-0.25, -0.2) is 4.57 Å². The Bertz CT molecular complexity index is 405. The molecule has 2 rings (SSSR count). The molecule has 0 bridgehead atoms. The number of hydrogen-bond acceptors (Lipinski definition) is 4. The van der Waals surface area contributed by atoms with Gasteiger partial charge in [0.05, 0.1) is 6.61 Å². The van der Waals surface area contributed by atoms with Crippen molar-refractivity contribution in [2.75, 3.05) is 13.0 Å². The third kappa shape index (κ3) is 2.57. The molecule has 4 nitrogen and oxygen atoms in total. The summed E-state index contributed by atoms with van der Waals surface area (Å²) in [5, 5.41) is 0. The van der Waals surface area contributed by atoms with Crippen LogP contribution in [0.5, 0.6) is 11.5 Å². The summed E-state index contributed by atoms with van der Waals surface area (Å²) in [5.74, 6) is 1.11. The summed E-state index contributed by atoms with van der Waals surface area (Å²) in [5.41, 5.74) is 0. The third-order valence-corrected chi connectivity index (χ3v) is 3.75. The molecule has 5 heteroatoms. The molecule has 0 N–H and O–H groups in total. The molecule has 0 fully saturated rings. The lowest BCUT2D eigenvalue weighted by Crippen LogP contribution is -2.13. The van der Waals surface area contributed by atoms with Crippen LogP contribution in [0.3, 0.4) is 0 Å². The standard InChI is InChI=1S/C11H15O4P/c1-2-3-8-14-16(12)9-13-10-6-4-5-7-11(10)15-16/h4-7H,2-3,8-9H2,1H3. The number of benzene rings is 1. The van der Waals surface area contributed by atoms with E-state index in [1.165, 1.54) is 0 Å². The van der Waals surface area contributed by atoms with Crippen LogP contribution in [-0.4, -0.2) is 13.0 Å². The summed E-state index contributed by atoms with van der Waals surface area (Å²) in [6, 6.07) is 7.16. The number of unbranched alkanes of at least 4 members (excludes halogenated alkanes) is 1. The van der Waals surface area contributed by atoms with Crippen molar-refractivity contribution in [1.82, 2.24) is 0 Å². The van der Waals surface area contributed by atoms with Crippen LogP contribution in [0.15, 0.2) is 24.3 Å². The summed E-state index contributed by atoms with van der Waals surface area (Å²) >= 11 is 0. The Hall–Kier alpha value is -0.990. The lowest BCUT2D eigenvalue weighted by Gasteiger charge is -2.25. The number of fused-ring (bicyclic) bond motifs is 1. The van der Waals surface area contributed by atoms with Crippen LogP contribution in [-0.2, 0) is 9.09 Å². The van der Waals surface area contributed by atoms with Crippen LogP contribution < -0.4 is 9.26 Å². The first-order valence-electron chi connectivity index (χ1n) is 5.38. The number of rotatable bonds is 4. The molecule has 1 heterocycles. The quantitative estimate of drug-likeness (QED) is 0.599. The lowest BCUT2D eigenvalue weighted by molar-refractivity contribution is 0.213. The Morgan fingerprint density at radius 2 is 2.12 bits per heavy atom. The van der Waals surface area contributed by atoms with Gasteiger partial charge in [0.2, 0.25) is 6.35 Å². The Morgan fingerprint density at radius 3 is 2.88 bits per heavy atom. The predicted molar refractivity (Wildman–Crippen MR) is 61.0 cm³/mol. The molecule has 0 aromatic heterocycles. The monoisotopic (exact) mass is 242 g/mol. The van der Waals surface area contributed by atoms with E-state index in [2.05, 4.69) is 0 Å². The third-order valence-electron chi connectivity index (χ3n) is 2.25. The van der Waals surface area contributed by atoms with E-state index < -0.39 is 7.60 Å². The first-order chi connectivity index (χ1) is 7.73. The molecule has 0 radical (unpaired) electrons. The Kier molecular flexibility index (Phi) is 3.52. The molecule has 1 aliphatic rings. The summed E-state index contributed by atoms with van der Waals surface area (Å²) in [7, 11) is -3.10. The molecular formula is C11H15O4P. The highest BCUT2D eigenvalue weighted by molar-refractivity contribution is 7.54. The van der Waals surface area contributed by atoms with Crippen molar-refractivity contribution in [3.63, 3.8) is 0 Å². The van der Waals surface area contributed by atoms with Gasteiger partial charge in [-0.1, -0.05) is 25.5 Å². The SMILES string of the molecule is CCCCOP1(=O)COc2ccccc2O1. The molecule has 0 amide bonds. The van der Waals surface area contributed by atoms with Gasteiger partial charge in [0, 0.05) is 0 Å². The van der Waals surface area contributed by atoms with Gasteiger partial charge in [-0.2, -0.15) is 0 Å². The van der Waals surface area contributed by atoms with E-state index in [1.54, 1.807) is 12.1 Å². The summed E-state index contributed by atoms with van der Waals surface area (Å²) in [6.07, 6.45) is 1.86. The fourth-order valence-electron chi connectivity index (χ4n) is 1.38. The van der Waals surface area contributed by atoms with Crippen LogP contribution in [0.4, 0.5) is 0 Å². The topological polar surface area (TPSA) is 44.8 Å². The highest BCUT2D eigenvalue weighted by atomic mass is 31.2. The molecule has 1 aromatic carbocycles. The number of para-hydroxylation sites is 2. The van der Waals surface area contributed by atoms with Crippen molar-refractivity contribution < 1.29 is 18.3 Å². The number of ether oxygens (including phenoxy) is 1. The van der Waals surface area contributed by atoms with E-state index >= 15 is 0 Å². The second kappa shape index (κ2) is 4.89. The Labute approximate surface area is 95.1 Å². The zero-order chi connectivity index (χ0) is 11.4. The molecular weight excluding hydrogens is 227 g/mol. The van der Waals surface area contributed by atoms with Crippen molar-refractivity contribution in [2.45, 2.75) is 19.8 Å². The molecule has 0 saturated heterocycles. The van der Waals surface area contributed by atoms with E-state index in [0.29, 0.717) is 18.1 Å². The second-order valence-electron chi connectivity index (χ2n) is 3.61. The maximum absolute atomic E-state index is 12.1. The molecule has 1 atom stereocenters. The van der Waals surface area contributed by atoms with Crippen LogP contribution in [0.2, 0.25) is 0 Å². The van der Waals surface area contributed by atoms with E-state index in [0.717, 1.165) is 12.8 Å². The van der Waals surface area contributed by atoms with E-state index in [-0.39, 0.29) is 6.35 Å². The molecule has 0 saturated carbocycles. The van der Waals surface area contributed by atoms with Crippen LogP contribution in [0.1, 0.15) is 19.8 Å². The van der Waals surface area contributed by atoms with Crippen molar-refractivity contribution in [2.24, 2.45) is 0 Å². The minimum atomic E-state index is -3.10. The van der Waals surface area contributed by atoms with Gasteiger partial charge in [0.15, 0.2) is 11.5 Å². The van der Waals surface area contributed by atoms with Gasteiger partial charge in [-0.3, -0.25) is 4.52 Å². The fraction of sp³-hybridized carbons (Fsp3) is 0.455. The highest BCUT2D eigenvalue weighted by Gasteiger charge is 2.32. The average molecular weight is 242 g/mol. The maximum atomic E-state index is 12.1. The minimum absolute atomic E-state index is 0.00622. The molecule has 1 aliphatic heterocycles. The molecule has 16 heavy (non-hydrogen) atoms. The Balaban J connectivity index is 2.03. The van der Waals surface area contributed by atoms with Gasteiger partial charge in [-0.05, 0) is 18.6 Å². The zero-order valence-electron chi connectivity index (χ0n) is 9.22. The normalized spacial score (nSPS) is 23.1. The largest absolute Gasteiger partial charge is 0.476 e. The van der Waals surface area contributed by atoms with Crippen molar-refractivity contribution in [3.05, 3.63) is 24.3 Å². The first kappa shape index (κ1) is 11.5. The first-order valence-corrected chi connectivity index (χ1v) is 7.11.